The lowest BCUT2D eigenvalue weighted by Crippen LogP contribution is -2.44. The minimum atomic E-state index is -4.71. The Morgan fingerprint density at radius 3 is 2.43 bits per heavy atom. The third kappa shape index (κ3) is 6.69. The molecule has 5 aromatic rings. The zero-order valence-corrected chi connectivity index (χ0v) is 25.4. The van der Waals surface area contributed by atoms with Gasteiger partial charge in [-0.2, -0.15) is 13.2 Å². The van der Waals surface area contributed by atoms with Crippen LogP contribution in [-0.4, -0.2) is 64.1 Å². The number of piperazine rings is 1. The molecule has 4 heterocycles. The predicted octanol–water partition coefficient (Wildman–Crippen LogP) is 6.58. The van der Waals surface area contributed by atoms with Crippen LogP contribution in [0, 0.1) is 13.8 Å². The van der Waals surface area contributed by atoms with Gasteiger partial charge < -0.3 is 25.0 Å². The minimum absolute atomic E-state index is 0.282. The molecule has 1 saturated heterocycles. The molecule has 1 amide bonds. The largest absolute Gasteiger partial charge is 0.417 e. The summed E-state index contributed by atoms with van der Waals surface area (Å²) in [6, 6.07) is 12.5. The quantitative estimate of drug-likeness (QED) is 0.207. The number of benzene rings is 2. The fourth-order valence-corrected chi connectivity index (χ4v) is 5.23. The monoisotopic (exact) mass is 628 g/mol. The molecule has 3 aromatic heterocycles. The van der Waals surface area contributed by atoms with E-state index in [9.17, 15) is 18.0 Å². The number of likely N-dealkylation sites (N-methyl/N-ethyl adjacent to an activating group) is 1. The van der Waals surface area contributed by atoms with Crippen LogP contribution < -0.4 is 15.5 Å². The Labute approximate surface area is 263 Å². The zero-order valence-electron chi connectivity index (χ0n) is 25.4. The van der Waals surface area contributed by atoms with E-state index >= 15 is 0 Å². The number of hydrogen-bond donors (Lipinski definition) is 2. The molecule has 10 nitrogen and oxygen atoms in total. The van der Waals surface area contributed by atoms with Crippen molar-refractivity contribution in [2.45, 2.75) is 20.0 Å². The molecule has 0 bridgehead atoms. The van der Waals surface area contributed by atoms with Gasteiger partial charge in [0.1, 0.15) is 0 Å². The van der Waals surface area contributed by atoms with Crippen molar-refractivity contribution >= 4 is 28.9 Å². The highest BCUT2D eigenvalue weighted by Crippen LogP contribution is 2.36. The molecule has 0 spiro atoms. The van der Waals surface area contributed by atoms with Gasteiger partial charge in [-0.25, -0.2) is 9.97 Å². The fraction of sp³-hybridized carbons (Fsp3) is 0.242. The normalized spacial score (nSPS) is 13.9. The Hall–Kier alpha value is -5.30. The molecule has 1 aliphatic rings. The molecule has 1 fully saturated rings. The molecule has 0 saturated carbocycles. The average Bonchev–Trinajstić information content (AvgIpc) is 3.48. The summed E-state index contributed by atoms with van der Waals surface area (Å²) in [5.41, 5.74) is 3.67. The molecule has 0 aliphatic carbocycles. The Kier molecular flexibility index (Phi) is 8.41. The standard InChI is InChI=1S/C33H31F3N8O2/c1-20-4-5-24(40-31(45)26-7-6-25(16-27(26)33(34,35)36)44-12-10-43(3)11-13-44)15-29(20)42-32-38-9-8-28(41-32)22-14-23(19-37-18-22)30-21(2)17-39-46-30/h4-9,14-19H,10-13H2,1-3H3,(H,40,45)(H,38,41,42). The van der Waals surface area contributed by atoms with E-state index in [0.29, 0.717) is 41.6 Å². The highest BCUT2D eigenvalue weighted by atomic mass is 19.4. The number of aryl methyl sites for hydroxylation is 2. The Morgan fingerprint density at radius 1 is 0.913 bits per heavy atom. The van der Waals surface area contributed by atoms with E-state index in [1.807, 2.05) is 31.9 Å². The number of pyridine rings is 1. The number of carbonyl (C=O) groups excluding carboxylic acids is 1. The molecule has 0 radical (unpaired) electrons. The Balaban J connectivity index is 1.21. The highest BCUT2D eigenvalue weighted by molar-refractivity contribution is 6.06. The maximum absolute atomic E-state index is 14.1. The van der Waals surface area contributed by atoms with Gasteiger partial charge in [0, 0.05) is 78.5 Å². The number of nitrogens with one attached hydrogen (secondary N) is 2. The summed E-state index contributed by atoms with van der Waals surface area (Å²) >= 11 is 0. The van der Waals surface area contributed by atoms with Crippen molar-refractivity contribution < 1.29 is 22.5 Å². The lowest BCUT2D eigenvalue weighted by Gasteiger charge is -2.34. The smallest absolute Gasteiger partial charge is 0.369 e. The van der Waals surface area contributed by atoms with Crippen molar-refractivity contribution in [2.24, 2.45) is 0 Å². The molecular formula is C33H31F3N8O2. The number of amides is 1. The van der Waals surface area contributed by atoms with Crippen LogP contribution in [0.3, 0.4) is 0 Å². The number of anilines is 4. The van der Waals surface area contributed by atoms with Crippen molar-refractivity contribution in [3.63, 3.8) is 0 Å². The molecule has 2 aromatic carbocycles. The van der Waals surface area contributed by atoms with Crippen molar-refractivity contribution in [3.05, 3.63) is 95.6 Å². The SMILES string of the molecule is Cc1ccc(NC(=O)c2ccc(N3CCN(C)CC3)cc2C(F)(F)F)cc1Nc1nccc(-c2cncc(-c3oncc3C)c2)n1. The topological polar surface area (TPSA) is 112 Å². The maximum atomic E-state index is 14.1. The molecule has 236 valence electrons. The minimum Gasteiger partial charge on any atom is -0.369 e. The van der Waals surface area contributed by atoms with Gasteiger partial charge in [-0.15, -0.1) is 0 Å². The lowest BCUT2D eigenvalue weighted by atomic mass is 10.0. The first-order valence-corrected chi connectivity index (χ1v) is 14.6. The number of alkyl halides is 3. The molecule has 0 unspecified atom stereocenters. The van der Waals surface area contributed by atoms with Gasteiger partial charge in [-0.1, -0.05) is 11.2 Å². The first kappa shape index (κ1) is 30.7. The summed E-state index contributed by atoms with van der Waals surface area (Å²) in [5.74, 6) is 0.0356. The van der Waals surface area contributed by atoms with Crippen molar-refractivity contribution in [1.82, 2.24) is 25.0 Å². The van der Waals surface area contributed by atoms with E-state index in [4.69, 9.17) is 4.52 Å². The van der Waals surface area contributed by atoms with E-state index in [-0.39, 0.29) is 5.95 Å². The molecular weight excluding hydrogens is 597 g/mol. The van der Waals surface area contributed by atoms with Crippen molar-refractivity contribution in [2.75, 3.05) is 48.8 Å². The number of hydrogen-bond acceptors (Lipinski definition) is 9. The summed E-state index contributed by atoms with van der Waals surface area (Å²) in [6.07, 6.45) is 1.88. The number of aromatic nitrogens is 4. The van der Waals surface area contributed by atoms with Crippen molar-refractivity contribution in [3.8, 4) is 22.6 Å². The van der Waals surface area contributed by atoms with E-state index in [1.165, 1.54) is 6.07 Å². The van der Waals surface area contributed by atoms with Crippen LogP contribution >= 0.6 is 0 Å². The van der Waals surface area contributed by atoms with Gasteiger partial charge in [-0.3, -0.25) is 9.78 Å². The van der Waals surface area contributed by atoms with Gasteiger partial charge in [0.15, 0.2) is 5.76 Å². The number of halogens is 3. The summed E-state index contributed by atoms with van der Waals surface area (Å²) in [5, 5.41) is 9.62. The van der Waals surface area contributed by atoms with E-state index in [0.717, 1.165) is 41.4 Å². The summed E-state index contributed by atoms with van der Waals surface area (Å²) in [4.78, 5) is 30.5. The molecule has 6 rings (SSSR count). The van der Waals surface area contributed by atoms with Crippen LogP contribution in [0.2, 0.25) is 0 Å². The number of carbonyl (C=O) groups is 1. The summed E-state index contributed by atoms with van der Waals surface area (Å²) in [7, 11) is 1.97. The third-order valence-corrected chi connectivity index (χ3v) is 7.86. The number of nitrogens with zero attached hydrogens (tertiary/aromatic N) is 6. The maximum Gasteiger partial charge on any atom is 0.417 e. The van der Waals surface area contributed by atoms with Crippen LogP contribution in [0.1, 0.15) is 27.0 Å². The predicted molar refractivity (Wildman–Crippen MR) is 169 cm³/mol. The highest BCUT2D eigenvalue weighted by Gasteiger charge is 2.36. The van der Waals surface area contributed by atoms with Crippen LogP contribution in [-0.2, 0) is 6.18 Å². The molecule has 2 N–H and O–H groups in total. The molecule has 1 aliphatic heterocycles. The Bertz CT molecular complexity index is 1880. The van der Waals surface area contributed by atoms with Gasteiger partial charge in [0.25, 0.3) is 5.91 Å². The first-order chi connectivity index (χ1) is 22.0. The van der Waals surface area contributed by atoms with E-state index in [1.54, 1.807) is 55.1 Å². The summed E-state index contributed by atoms with van der Waals surface area (Å²) in [6.45, 7) is 6.45. The van der Waals surface area contributed by atoms with E-state index in [2.05, 4.69) is 35.6 Å². The molecule has 46 heavy (non-hydrogen) atoms. The molecule has 0 atom stereocenters. The second-order valence-electron chi connectivity index (χ2n) is 11.2. The zero-order chi connectivity index (χ0) is 32.4. The van der Waals surface area contributed by atoms with Crippen LogP contribution in [0.4, 0.5) is 36.2 Å². The van der Waals surface area contributed by atoms with Gasteiger partial charge in [-0.05, 0) is 68.9 Å². The van der Waals surface area contributed by atoms with Gasteiger partial charge >= 0.3 is 6.18 Å². The first-order valence-electron chi connectivity index (χ1n) is 14.6. The second kappa shape index (κ2) is 12.6. The third-order valence-electron chi connectivity index (χ3n) is 7.86. The van der Waals surface area contributed by atoms with Crippen molar-refractivity contribution in [1.29, 1.82) is 0 Å². The van der Waals surface area contributed by atoms with Crippen LogP contribution in [0.15, 0.2) is 77.8 Å². The van der Waals surface area contributed by atoms with E-state index < -0.39 is 23.2 Å². The molecule has 13 heteroatoms. The van der Waals surface area contributed by atoms with Crippen LogP contribution in [0.5, 0.6) is 0 Å². The average molecular weight is 629 g/mol. The van der Waals surface area contributed by atoms with Gasteiger partial charge in [0.05, 0.1) is 23.0 Å². The van der Waals surface area contributed by atoms with Crippen LogP contribution in [0.25, 0.3) is 22.6 Å². The second-order valence-corrected chi connectivity index (χ2v) is 11.2. The fourth-order valence-electron chi connectivity index (χ4n) is 5.23. The number of rotatable bonds is 7. The summed E-state index contributed by atoms with van der Waals surface area (Å²) < 4.78 is 47.8. The van der Waals surface area contributed by atoms with Gasteiger partial charge in [0.2, 0.25) is 5.95 Å². The Morgan fingerprint density at radius 2 is 1.70 bits per heavy atom. The lowest BCUT2D eigenvalue weighted by molar-refractivity contribution is -0.137.